The zero-order chi connectivity index (χ0) is 10.8. The highest BCUT2D eigenvalue weighted by Crippen LogP contribution is 2.28. The SMILES string of the molecule is CC1OCCC1SCC(C)(N)C(=O)O. The Morgan fingerprint density at radius 2 is 2.43 bits per heavy atom. The van der Waals surface area contributed by atoms with Crippen LogP contribution in [0.5, 0.6) is 0 Å². The zero-order valence-electron chi connectivity index (χ0n) is 8.53. The third-order valence-corrected chi connectivity index (χ3v) is 4.21. The first-order chi connectivity index (χ1) is 6.43. The molecule has 82 valence electrons. The fraction of sp³-hybridized carbons (Fsp3) is 0.889. The van der Waals surface area contributed by atoms with Gasteiger partial charge in [-0.25, -0.2) is 0 Å². The normalized spacial score (nSPS) is 31.4. The summed E-state index contributed by atoms with van der Waals surface area (Å²) in [6.07, 6.45) is 1.20. The Bertz CT molecular complexity index is 220. The van der Waals surface area contributed by atoms with Crippen molar-refractivity contribution in [3.63, 3.8) is 0 Å². The van der Waals surface area contributed by atoms with Gasteiger partial charge in [-0.3, -0.25) is 4.79 Å². The minimum Gasteiger partial charge on any atom is -0.480 e. The first-order valence-electron chi connectivity index (χ1n) is 4.69. The van der Waals surface area contributed by atoms with Crippen molar-refractivity contribution in [1.29, 1.82) is 0 Å². The number of carbonyl (C=O) groups is 1. The molecular weight excluding hydrogens is 202 g/mol. The molecule has 4 nitrogen and oxygen atoms in total. The predicted octanol–water partition coefficient (Wildman–Crippen LogP) is 0.699. The van der Waals surface area contributed by atoms with Crippen molar-refractivity contribution in [2.24, 2.45) is 5.73 Å². The molecule has 1 aliphatic rings. The molecule has 0 aromatic rings. The van der Waals surface area contributed by atoms with Gasteiger partial charge in [0.05, 0.1) is 6.10 Å². The lowest BCUT2D eigenvalue weighted by molar-refractivity contribution is -0.141. The van der Waals surface area contributed by atoms with E-state index >= 15 is 0 Å². The third kappa shape index (κ3) is 2.87. The van der Waals surface area contributed by atoms with Crippen molar-refractivity contribution in [3.8, 4) is 0 Å². The fourth-order valence-corrected chi connectivity index (χ4v) is 2.57. The topological polar surface area (TPSA) is 72.5 Å². The number of nitrogens with two attached hydrogens (primary N) is 1. The summed E-state index contributed by atoms with van der Waals surface area (Å²) in [5.74, 6) is -0.516. The number of carboxylic acids is 1. The highest BCUT2D eigenvalue weighted by atomic mass is 32.2. The number of rotatable bonds is 4. The summed E-state index contributed by atoms with van der Waals surface area (Å²) in [5.41, 5.74) is 4.49. The van der Waals surface area contributed by atoms with Crippen LogP contribution in [0, 0.1) is 0 Å². The van der Waals surface area contributed by atoms with Gasteiger partial charge < -0.3 is 15.6 Å². The first-order valence-corrected chi connectivity index (χ1v) is 5.74. The zero-order valence-corrected chi connectivity index (χ0v) is 9.34. The largest absolute Gasteiger partial charge is 0.480 e. The molecule has 14 heavy (non-hydrogen) atoms. The molecular formula is C9H17NO3S. The van der Waals surface area contributed by atoms with Crippen LogP contribution in [0.4, 0.5) is 0 Å². The Balaban J connectivity index is 2.36. The molecule has 1 saturated heterocycles. The third-order valence-electron chi connectivity index (χ3n) is 2.39. The van der Waals surface area contributed by atoms with Gasteiger partial charge in [0.1, 0.15) is 5.54 Å². The van der Waals surface area contributed by atoms with Crippen LogP contribution in [0.15, 0.2) is 0 Å². The van der Waals surface area contributed by atoms with E-state index in [1.807, 2.05) is 6.92 Å². The van der Waals surface area contributed by atoms with Crippen LogP contribution in [-0.2, 0) is 9.53 Å². The van der Waals surface area contributed by atoms with Gasteiger partial charge >= 0.3 is 5.97 Å². The van der Waals surface area contributed by atoms with Crippen molar-refractivity contribution in [2.75, 3.05) is 12.4 Å². The van der Waals surface area contributed by atoms with Crippen LogP contribution in [0.2, 0.25) is 0 Å². The van der Waals surface area contributed by atoms with Crippen LogP contribution in [0.1, 0.15) is 20.3 Å². The lowest BCUT2D eigenvalue weighted by atomic mass is 10.1. The quantitative estimate of drug-likeness (QED) is 0.728. The van der Waals surface area contributed by atoms with Gasteiger partial charge in [-0.05, 0) is 20.3 Å². The average Bonchev–Trinajstić information content (AvgIpc) is 2.47. The van der Waals surface area contributed by atoms with Gasteiger partial charge in [0.25, 0.3) is 0 Å². The van der Waals surface area contributed by atoms with E-state index in [-0.39, 0.29) is 6.10 Å². The Morgan fingerprint density at radius 3 is 2.86 bits per heavy atom. The van der Waals surface area contributed by atoms with E-state index < -0.39 is 11.5 Å². The molecule has 0 saturated carbocycles. The van der Waals surface area contributed by atoms with Crippen LogP contribution < -0.4 is 5.73 Å². The minimum absolute atomic E-state index is 0.213. The second-order valence-electron chi connectivity index (χ2n) is 3.94. The van der Waals surface area contributed by atoms with E-state index in [9.17, 15) is 4.79 Å². The van der Waals surface area contributed by atoms with E-state index in [0.717, 1.165) is 13.0 Å². The number of ether oxygens (including phenoxy) is 1. The summed E-state index contributed by atoms with van der Waals surface area (Å²) in [6.45, 7) is 4.33. The number of thioether (sulfide) groups is 1. The molecule has 5 heteroatoms. The molecule has 0 aromatic heterocycles. The maximum absolute atomic E-state index is 10.7. The highest BCUT2D eigenvalue weighted by Gasteiger charge is 2.32. The molecule has 1 fully saturated rings. The van der Waals surface area contributed by atoms with Crippen molar-refractivity contribution < 1.29 is 14.6 Å². The minimum atomic E-state index is -1.13. The van der Waals surface area contributed by atoms with Gasteiger partial charge in [-0.15, -0.1) is 0 Å². The molecule has 1 aliphatic heterocycles. The molecule has 3 unspecified atom stereocenters. The van der Waals surface area contributed by atoms with E-state index in [1.165, 1.54) is 0 Å². The second kappa shape index (κ2) is 4.51. The van der Waals surface area contributed by atoms with Gasteiger partial charge in [0, 0.05) is 17.6 Å². The molecule has 0 aliphatic carbocycles. The molecule has 0 amide bonds. The molecule has 1 heterocycles. The fourth-order valence-electron chi connectivity index (χ4n) is 1.27. The Morgan fingerprint density at radius 1 is 1.79 bits per heavy atom. The molecule has 0 bridgehead atoms. The van der Waals surface area contributed by atoms with Crippen molar-refractivity contribution in [3.05, 3.63) is 0 Å². The van der Waals surface area contributed by atoms with Gasteiger partial charge in [0.15, 0.2) is 0 Å². The standard InChI is InChI=1S/C9H17NO3S/c1-6-7(3-4-13-6)14-5-9(2,10)8(11)12/h6-7H,3-5,10H2,1-2H3,(H,11,12). The van der Waals surface area contributed by atoms with Crippen LogP contribution in [0.25, 0.3) is 0 Å². The van der Waals surface area contributed by atoms with Gasteiger partial charge in [-0.2, -0.15) is 11.8 Å². The second-order valence-corrected chi connectivity index (χ2v) is 5.16. The molecule has 1 rings (SSSR count). The molecule has 0 radical (unpaired) electrons. The van der Waals surface area contributed by atoms with Gasteiger partial charge in [0.2, 0.25) is 0 Å². The van der Waals surface area contributed by atoms with Gasteiger partial charge in [-0.1, -0.05) is 0 Å². The number of hydrogen-bond acceptors (Lipinski definition) is 4. The molecule has 0 spiro atoms. The number of carboxylic acid groups (broad SMARTS) is 1. The van der Waals surface area contributed by atoms with Crippen LogP contribution in [-0.4, -0.2) is 40.3 Å². The molecule has 3 N–H and O–H groups in total. The summed E-state index contributed by atoms with van der Waals surface area (Å²) < 4.78 is 5.38. The summed E-state index contributed by atoms with van der Waals surface area (Å²) >= 11 is 1.60. The first kappa shape index (κ1) is 11.8. The van der Waals surface area contributed by atoms with Crippen LogP contribution >= 0.6 is 11.8 Å². The Labute approximate surface area is 88.2 Å². The van der Waals surface area contributed by atoms with Crippen molar-refractivity contribution in [2.45, 2.75) is 37.2 Å². The van der Waals surface area contributed by atoms with E-state index in [4.69, 9.17) is 15.6 Å². The average molecular weight is 219 g/mol. The Kier molecular flexibility index (Phi) is 3.80. The molecule has 3 atom stereocenters. The maximum atomic E-state index is 10.7. The summed E-state index contributed by atoms with van der Waals surface area (Å²) in [7, 11) is 0. The smallest absolute Gasteiger partial charge is 0.324 e. The predicted molar refractivity (Wildman–Crippen MR) is 56.5 cm³/mol. The number of hydrogen-bond donors (Lipinski definition) is 2. The highest BCUT2D eigenvalue weighted by molar-refractivity contribution is 8.00. The Hall–Kier alpha value is -0.260. The summed E-state index contributed by atoms with van der Waals surface area (Å²) in [6, 6.07) is 0. The molecule has 0 aromatic carbocycles. The van der Waals surface area contributed by atoms with Crippen molar-refractivity contribution in [1.82, 2.24) is 0 Å². The lowest BCUT2D eigenvalue weighted by Gasteiger charge is -2.21. The van der Waals surface area contributed by atoms with E-state index in [2.05, 4.69) is 0 Å². The number of aliphatic carboxylic acids is 1. The summed E-state index contributed by atoms with van der Waals surface area (Å²) in [4.78, 5) is 10.7. The monoisotopic (exact) mass is 219 g/mol. The lowest BCUT2D eigenvalue weighted by Crippen LogP contribution is -2.47. The van der Waals surface area contributed by atoms with E-state index in [1.54, 1.807) is 18.7 Å². The van der Waals surface area contributed by atoms with Crippen molar-refractivity contribution >= 4 is 17.7 Å². The maximum Gasteiger partial charge on any atom is 0.324 e. The summed E-state index contributed by atoms with van der Waals surface area (Å²) in [5, 5.41) is 9.20. The van der Waals surface area contributed by atoms with Crippen LogP contribution in [0.3, 0.4) is 0 Å². The van der Waals surface area contributed by atoms with E-state index in [0.29, 0.717) is 11.0 Å².